The molecule has 9 nitrogen and oxygen atoms in total. The van der Waals surface area contributed by atoms with Crippen LogP contribution in [0.15, 0.2) is 70.6 Å². The number of pyridine rings is 2. The van der Waals surface area contributed by atoms with Crippen LogP contribution >= 0.6 is 8.44 Å². The van der Waals surface area contributed by atoms with Crippen molar-refractivity contribution >= 4 is 51.2 Å². The zero-order chi connectivity index (χ0) is 26.3. The van der Waals surface area contributed by atoms with Gasteiger partial charge in [0, 0.05) is 47.4 Å². The molecule has 1 aliphatic heterocycles. The number of H-pyrrole nitrogens is 2. The molecule has 0 aliphatic carbocycles. The van der Waals surface area contributed by atoms with E-state index in [0.717, 1.165) is 51.1 Å². The Morgan fingerprint density at radius 2 is 1.95 bits per heavy atom. The van der Waals surface area contributed by atoms with Crippen molar-refractivity contribution in [2.24, 2.45) is 0 Å². The highest BCUT2D eigenvalue weighted by Gasteiger charge is 2.19. The molecule has 1 aliphatic rings. The molecule has 1 fully saturated rings. The molecular formula is C27H29N6O3PS. The van der Waals surface area contributed by atoms with Gasteiger partial charge in [0.05, 0.1) is 36.0 Å². The Hall–Kier alpha value is -3.43. The first-order valence-electron chi connectivity index (χ1n) is 12.4. The number of nitrogens with zero attached hydrogens (tertiary/aromatic N) is 3. The van der Waals surface area contributed by atoms with Crippen LogP contribution in [0.1, 0.15) is 5.56 Å². The van der Waals surface area contributed by atoms with Gasteiger partial charge in [-0.3, -0.25) is 19.0 Å². The van der Waals surface area contributed by atoms with Crippen molar-refractivity contribution in [1.29, 1.82) is 0 Å². The molecule has 0 radical (unpaired) electrons. The van der Waals surface area contributed by atoms with Gasteiger partial charge in [-0.25, -0.2) is 4.98 Å². The topological polar surface area (TPSA) is 116 Å². The van der Waals surface area contributed by atoms with Crippen LogP contribution in [0.2, 0.25) is 0 Å². The molecule has 2 aromatic carbocycles. The summed E-state index contributed by atoms with van der Waals surface area (Å²) >= 11 is 0. The Morgan fingerprint density at radius 1 is 1.11 bits per heavy atom. The second-order valence-electron chi connectivity index (χ2n) is 9.65. The summed E-state index contributed by atoms with van der Waals surface area (Å²) in [5.41, 5.74) is 4.00. The molecule has 3 aromatic heterocycles. The van der Waals surface area contributed by atoms with Crippen molar-refractivity contribution < 1.29 is 8.95 Å². The Morgan fingerprint density at radius 3 is 2.76 bits per heavy atom. The third-order valence-corrected chi connectivity index (χ3v) is 9.02. The van der Waals surface area contributed by atoms with E-state index in [0.29, 0.717) is 36.7 Å². The first kappa shape index (κ1) is 24.9. The summed E-state index contributed by atoms with van der Waals surface area (Å²) in [5.74, 6) is 0.447. The van der Waals surface area contributed by atoms with Gasteiger partial charge in [-0.15, -0.1) is 0 Å². The second-order valence-corrected chi connectivity index (χ2v) is 15.1. The number of hydrogen-bond donors (Lipinski definition) is 4. The molecule has 5 aromatic rings. The minimum atomic E-state index is -2.66. The van der Waals surface area contributed by atoms with Gasteiger partial charge in [-0.2, -0.15) is 5.10 Å². The summed E-state index contributed by atoms with van der Waals surface area (Å²) in [5, 5.41) is 12.6. The first-order valence-corrected chi connectivity index (χ1v) is 16.1. The van der Waals surface area contributed by atoms with Crippen molar-refractivity contribution in [3.8, 4) is 11.3 Å². The van der Waals surface area contributed by atoms with Gasteiger partial charge in [0.25, 0.3) is 5.56 Å². The van der Waals surface area contributed by atoms with E-state index < -0.39 is 9.55 Å². The van der Waals surface area contributed by atoms with Crippen molar-refractivity contribution in [2.45, 2.75) is 11.4 Å². The average molecular weight is 549 g/mol. The van der Waals surface area contributed by atoms with Crippen molar-refractivity contribution in [3.63, 3.8) is 0 Å². The van der Waals surface area contributed by atoms with Gasteiger partial charge in [-0.1, -0.05) is 30.1 Å². The van der Waals surface area contributed by atoms with E-state index in [2.05, 4.69) is 33.8 Å². The van der Waals surface area contributed by atoms with Gasteiger partial charge >= 0.3 is 0 Å². The summed E-state index contributed by atoms with van der Waals surface area (Å²) in [6, 6.07) is 15.6. The number of anilines is 2. The minimum Gasteiger partial charge on any atom is -0.379 e. The number of morpholine rings is 1. The number of fused-ring (bicyclic) bond motifs is 2. The van der Waals surface area contributed by atoms with E-state index in [1.165, 1.54) is 0 Å². The first-order chi connectivity index (χ1) is 18.3. The van der Waals surface area contributed by atoms with Crippen LogP contribution in [0.4, 0.5) is 11.5 Å². The fourth-order valence-electron chi connectivity index (χ4n) is 4.87. The maximum absolute atomic E-state index is 13.3. The molecule has 38 heavy (non-hydrogen) atoms. The monoisotopic (exact) mass is 548 g/mol. The largest absolute Gasteiger partial charge is 0.379 e. The summed E-state index contributed by atoms with van der Waals surface area (Å²) in [6.07, 6.45) is 5.16. The Labute approximate surface area is 222 Å². The molecule has 0 bridgehead atoms. The van der Waals surface area contributed by atoms with Crippen LogP contribution in [0.5, 0.6) is 0 Å². The number of aromatic amines is 2. The second kappa shape index (κ2) is 10.0. The zero-order valence-corrected chi connectivity index (χ0v) is 22.9. The lowest BCUT2D eigenvalue weighted by molar-refractivity contribution is 0.0338. The lowest BCUT2D eigenvalue weighted by Gasteiger charge is -2.28. The smallest absolute Gasteiger partial charge is 0.259 e. The molecule has 11 heteroatoms. The number of thiol groups is 1. The fourth-order valence-corrected chi connectivity index (χ4v) is 6.71. The fraction of sp³-hybridized carbons (Fsp3) is 0.222. The number of rotatable bonds is 6. The molecule has 3 N–H and O–H groups in total. The van der Waals surface area contributed by atoms with Gasteiger partial charge in [0.2, 0.25) is 0 Å². The Kier molecular flexibility index (Phi) is 6.57. The SMILES string of the molecule is C[SH](=O)(P)c1cc(-c2cc3cc[nH]c(=O)c3c(Nc3ccc4cn[nH]c4c3)n2)ccc1CN1CCOCC1. The Bertz CT molecular complexity index is 1760. The van der Waals surface area contributed by atoms with Crippen molar-refractivity contribution in [3.05, 3.63) is 76.8 Å². The zero-order valence-electron chi connectivity index (χ0n) is 20.9. The molecule has 0 spiro atoms. The van der Waals surface area contributed by atoms with Crippen LogP contribution in [0, 0.1) is 0 Å². The van der Waals surface area contributed by atoms with E-state index in [9.17, 15) is 9.00 Å². The highest BCUT2D eigenvalue weighted by molar-refractivity contribution is 8.44. The summed E-state index contributed by atoms with van der Waals surface area (Å²) in [4.78, 5) is 23.6. The van der Waals surface area contributed by atoms with Gasteiger partial charge in [0.15, 0.2) is 0 Å². The van der Waals surface area contributed by atoms with E-state index in [1.807, 2.05) is 48.5 Å². The predicted molar refractivity (Wildman–Crippen MR) is 157 cm³/mol. The minimum absolute atomic E-state index is 0.226. The number of nitrogens with one attached hydrogen (secondary N) is 3. The van der Waals surface area contributed by atoms with E-state index in [-0.39, 0.29) is 5.56 Å². The molecule has 1 atom stereocenters. The number of benzene rings is 2. The third kappa shape index (κ3) is 5.00. The standard InChI is InChI=1S/C27H29N6O3PS/c1-38(35,37)24-13-17(2-3-20(24)16-33-8-10-36-11-9-33)22-12-18-6-7-28-27(34)25(18)26(31-22)30-21-5-4-19-15-29-32-23(19)14-21/h2-7,12-15,38H,8-11,16,37H2,1H3,(H,28,34)(H,29,32)(H,30,31). The van der Waals surface area contributed by atoms with Crippen LogP contribution < -0.4 is 10.9 Å². The third-order valence-electron chi connectivity index (χ3n) is 6.82. The highest BCUT2D eigenvalue weighted by atomic mass is 32.8. The quantitative estimate of drug-likeness (QED) is 0.188. The Balaban J connectivity index is 1.44. The number of ether oxygens (including phenoxy) is 1. The maximum Gasteiger partial charge on any atom is 0.259 e. The van der Waals surface area contributed by atoms with Gasteiger partial charge in [-0.05, 0) is 53.6 Å². The molecule has 0 amide bonds. The number of aromatic nitrogens is 4. The normalized spacial score (nSPS) is 15.2. The average Bonchev–Trinajstić information content (AvgIpc) is 3.37. The maximum atomic E-state index is 13.3. The molecule has 1 unspecified atom stereocenters. The van der Waals surface area contributed by atoms with E-state index in [1.54, 1.807) is 18.6 Å². The predicted octanol–water partition coefficient (Wildman–Crippen LogP) is 3.84. The molecule has 4 heterocycles. The highest BCUT2D eigenvalue weighted by Crippen LogP contribution is 2.34. The van der Waals surface area contributed by atoms with Crippen LogP contribution in [-0.4, -0.2) is 61.8 Å². The van der Waals surface area contributed by atoms with Crippen LogP contribution in [0.3, 0.4) is 0 Å². The molecule has 1 saturated heterocycles. The molecule has 6 rings (SSSR count). The molecular weight excluding hydrogens is 519 g/mol. The molecule has 196 valence electrons. The van der Waals surface area contributed by atoms with E-state index in [4.69, 9.17) is 9.72 Å². The van der Waals surface area contributed by atoms with Crippen molar-refractivity contribution in [1.82, 2.24) is 25.1 Å². The van der Waals surface area contributed by atoms with Gasteiger partial charge < -0.3 is 15.0 Å². The lowest BCUT2D eigenvalue weighted by atomic mass is 10.1. The number of hydrogen-bond acceptors (Lipinski definition) is 7. The summed E-state index contributed by atoms with van der Waals surface area (Å²) in [7, 11) is -0.118. The summed E-state index contributed by atoms with van der Waals surface area (Å²) in [6.45, 7) is 3.84. The van der Waals surface area contributed by atoms with Crippen LogP contribution in [-0.2, 0) is 20.8 Å². The van der Waals surface area contributed by atoms with E-state index >= 15 is 0 Å². The lowest BCUT2D eigenvalue weighted by Crippen LogP contribution is -2.36. The van der Waals surface area contributed by atoms with Gasteiger partial charge in [0.1, 0.15) is 5.82 Å². The molecule has 0 saturated carbocycles. The van der Waals surface area contributed by atoms with Crippen molar-refractivity contribution in [2.75, 3.05) is 37.9 Å². The summed E-state index contributed by atoms with van der Waals surface area (Å²) < 4.78 is 18.8. The van der Waals surface area contributed by atoms with Crippen LogP contribution in [0.25, 0.3) is 32.9 Å².